The van der Waals surface area contributed by atoms with Crippen LogP contribution in [0.15, 0.2) is 23.0 Å². The SMILES string of the molecule is Cc1nc2c(C(=O)OC3C(C(C)(C)C)CC(C)CC3C(C)(C)C)c(-c3ccc(Cl)c(Cl)c3)c(Cl)n2c(=O)[nH]1. The lowest BCUT2D eigenvalue weighted by Crippen LogP contribution is -2.49. The molecule has 38 heavy (non-hydrogen) atoms. The molecule has 1 fully saturated rings. The number of rotatable bonds is 3. The van der Waals surface area contributed by atoms with Gasteiger partial charge in [-0.1, -0.05) is 89.3 Å². The summed E-state index contributed by atoms with van der Waals surface area (Å²) in [4.78, 5) is 34.3. The van der Waals surface area contributed by atoms with Crippen LogP contribution in [0, 0.1) is 35.5 Å². The number of carbonyl (C=O) groups is 1. The number of benzene rings is 1. The normalized spacial score (nSPS) is 22.6. The summed E-state index contributed by atoms with van der Waals surface area (Å²) in [6, 6.07) is 4.97. The average molecular weight is 581 g/mol. The van der Waals surface area contributed by atoms with Crippen LogP contribution in [-0.2, 0) is 4.74 Å². The van der Waals surface area contributed by atoms with Crippen LogP contribution in [0.25, 0.3) is 16.8 Å². The maximum absolute atomic E-state index is 14.2. The maximum atomic E-state index is 14.2. The summed E-state index contributed by atoms with van der Waals surface area (Å²) in [6.45, 7) is 17.1. The molecule has 2 heterocycles. The fraction of sp³-hybridized carbons (Fsp3) is 0.552. The van der Waals surface area contributed by atoms with Gasteiger partial charge in [-0.2, -0.15) is 0 Å². The third-order valence-electron chi connectivity index (χ3n) is 7.84. The molecule has 9 heteroatoms. The van der Waals surface area contributed by atoms with E-state index in [2.05, 4.69) is 58.4 Å². The summed E-state index contributed by atoms with van der Waals surface area (Å²) in [5, 5.41) is 0.717. The van der Waals surface area contributed by atoms with Crippen LogP contribution in [0.1, 0.15) is 77.5 Å². The van der Waals surface area contributed by atoms with Crippen molar-refractivity contribution in [2.24, 2.45) is 28.6 Å². The first-order chi connectivity index (χ1) is 17.5. The molecule has 1 aromatic carbocycles. The van der Waals surface area contributed by atoms with Crippen LogP contribution in [0.4, 0.5) is 0 Å². The highest BCUT2D eigenvalue weighted by atomic mass is 35.5. The Morgan fingerprint density at radius 2 is 1.61 bits per heavy atom. The monoisotopic (exact) mass is 579 g/mol. The molecule has 206 valence electrons. The number of fused-ring (bicyclic) bond motifs is 1. The lowest BCUT2D eigenvalue weighted by molar-refractivity contribution is -0.0922. The van der Waals surface area contributed by atoms with Gasteiger partial charge in [-0.15, -0.1) is 0 Å². The second kappa shape index (κ2) is 10.2. The van der Waals surface area contributed by atoms with Gasteiger partial charge in [-0.3, -0.25) is 4.98 Å². The molecular weight excluding hydrogens is 545 g/mol. The van der Waals surface area contributed by atoms with Gasteiger partial charge >= 0.3 is 11.7 Å². The molecular formula is C29H36Cl3N3O3. The average Bonchev–Trinajstić information content (AvgIpc) is 3.07. The molecule has 2 unspecified atom stereocenters. The minimum Gasteiger partial charge on any atom is -0.458 e. The van der Waals surface area contributed by atoms with E-state index in [-0.39, 0.29) is 45.1 Å². The molecule has 6 nitrogen and oxygen atoms in total. The molecule has 0 radical (unpaired) electrons. The first kappa shape index (κ1) is 29.0. The van der Waals surface area contributed by atoms with E-state index < -0.39 is 11.7 Å². The van der Waals surface area contributed by atoms with E-state index in [0.717, 1.165) is 12.8 Å². The van der Waals surface area contributed by atoms with Crippen LogP contribution < -0.4 is 5.69 Å². The summed E-state index contributed by atoms with van der Waals surface area (Å²) in [6.07, 6.45) is 1.60. The number of ether oxygens (including phenoxy) is 1. The second-order valence-electron chi connectivity index (χ2n) is 12.8. The van der Waals surface area contributed by atoms with Gasteiger partial charge in [0.05, 0.1) is 10.0 Å². The van der Waals surface area contributed by atoms with Crippen molar-refractivity contribution in [2.45, 2.75) is 74.3 Å². The first-order valence-electron chi connectivity index (χ1n) is 13.0. The minimum atomic E-state index is -0.559. The lowest BCUT2D eigenvalue weighted by Gasteiger charge is -2.50. The van der Waals surface area contributed by atoms with Crippen LogP contribution in [0.3, 0.4) is 0 Å². The molecule has 1 saturated carbocycles. The van der Waals surface area contributed by atoms with E-state index in [9.17, 15) is 9.59 Å². The van der Waals surface area contributed by atoms with Crippen LogP contribution in [0.2, 0.25) is 15.2 Å². The van der Waals surface area contributed by atoms with Crippen LogP contribution in [0.5, 0.6) is 0 Å². The van der Waals surface area contributed by atoms with Gasteiger partial charge in [-0.05, 0) is 54.2 Å². The number of carbonyl (C=O) groups excluding carboxylic acids is 1. The lowest BCUT2D eigenvalue weighted by atomic mass is 9.59. The van der Waals surface area contributed by atoms with E-state index >= 15 is 0 Å². The Morgan fingerprint density at radius 3 is 2.13 bits per heavy atom. The van der Waals surface area contributed by atoms with Crippen molar-refractivity contribution in [1.82, 2.24) is 14.4 Å². The van der Waals surface area contributed by atoms with Crippen molar-refractivity contribution in [3.05, 3.63) is 55.3 Å². The highest BCUT2D eigenvalue weighted by Gasteiger charge is 2.48. The van der Waals surface area contributed by atoms with Crippen molar-refractivity contribution in [3.63, 3.8) is 0 Å². The fourth-order valence-electron chi connectivity index (χ4n) is 5.88. The molecule has 4 rings (SSSR count). The second-order valence-corrected chi connectivity index (χ2v) is 14.0. The number of esters is 1. The number of aromatic amines is 1. The first-order valence-corrected chi connectivity index (χ1v) is 14.1. The highest BCUT2D eigenvalue weighted by Crippen LogP contribution is 2.50. The van der Waals surface area contributed by atoms with Crippen molar-refractivity contribution in [2.75, 3.05) is 0 Å². The van der Waals surface area contributed by atoms with Gasteiger partial charge in [0, 0.05) is 17.4 Å². The van der Waals surface area contributed by atoms with E-state index in [4.69, 9.17) is 39.5 Å². The molecule has 1 aliphatic carbocycles. The van der Waals surface area contributed by atoms with Crippen molar-refractivity contribution in [3.8, 4) is 11.1 Å². The quantitative estimate of drug-likeness (QED) is 0.317. The van der Waals surface area contributed by atoms with Crippen molar-refractivity contribution in [1.29, 1.82) is 0 Å². The molecule has 0 bridgehead atoms. The summed E-state index contributed by atoms with van der Waals surface area (Å²) in [7, 11) is 0. The number of halogens is 3. The molecule has 0 spiro atoms. The Morgan fingerprint density at radius 1 is 1.03 bits per heavy atom. The smallest absolute Gasteiger partial charge is 0.342 e. The molecule has 2 aromatic heterocycles. The Balaban J connectivity index is 1.93. The summed E-state index contributed by atoms with van der Waals surface area (Å²) < 4.78 is 7.70. The molecule has 1 N–H and O–H groups in total. The van der Waals surface area contributed by atoms with E-state index in [1.165, 1.54) is 4.40 Å². The number of nitrogens with zero attached hydrogens (tertiary/aromatic N) is 2. The predicted octanol–water partition coefficient (Wildman–Crippen LogP) is 8.24. The molecule has 1 aliphatic rings. The highest BCUT2D eigenvalue weighted by molar-refractivity contribution is 6.42. The molecule has 0 amide bonds. The largest absolute Gasteiger partial charge is 0.458 e. The summed E-state index contributed by atoms with van der Waals surface area (Å²) in [5.41, 5.74) is 0.500. The van der Waals surface area contributed by atoms with Gasteiger partial charge in [0.15, 0.2) is 5.65 Å². The molecule has 2 atom stereocenters. The van der Waals surface area contributed by atoms with E-state index in [1.54, 1.807) is 25.1 Å². The summed E-state index contributed by atoms with van der Waals surface area (Å²) >= 11 is 19.3. The zero-order valence-electron chi connectivity index (χ0n) is 23.2. The van der Waals surface area contributed by atoms with Crippen molar-refractivity contribution >= 4 is 46.4 Å². The fourth-order valence-corrected chi connectivity index (χ4v) is 6.54. The Labute approximate surface area is 239 Å². The molecule has 0 saturated heterocycles. The summed E-state index contributed by atoms with van der Waals surface area (Å²) in [5.74, 6) is 0.609. The van der Waals surface area contributed by atoms with Gasteiger partial charge < -0.3 is 4.74 Å². The van der Waals surface area contributed by atoms with Gasteiger partial charge in [0.1, 0.15) is 22.6 Å². The number of hydrogen-bond donors (Lipinski definition) is 1. The molecule has 0 aliphatic heterocycles. The Kier molecular flexibility index (Phi) is 7.76. The standard InChI is InChI=1S/C29H36Cl3N3O3/c1-14-11-17(28(3,4)5)23(18(12-14)29(6,7)8)38-26(36)22-21(16-9-10-19(30)20(31)13-16)24(32)35-25(22)33-15(2)34-27(35)37/h9-10,13-14,17-18,23H,11-12H2,1-8H3,(H,33,34,37). The molecule has 3 aromatic rings. The number of aromatic nitrogens is 3. The topological polar surface area (TPSA) is 76.5 Å². The Hall–Kier alpha value is -2.02. The zero-order chi connectivity index (χ0) is 28.3. The number of aryl methyl sites for hydroxylation is 1. The maximum Gasteiger partial charge on any atom is 0.342 e. The predicted molar refractivity (Wildman–Crippen MR) is 155 cm³/mol. The Bertz CT molecular complexity index is 1420. The number of nitrogens with one attached hydrogen (secondary N) is 1. The number of H-pyrrole nitrogens is 1. The third-order valence-corrected chi connectivity index (χ3v) is 8.94. The van der Waals surface area contributed by atoms with Crippen LogP contribution in [-0.4, -0.2) is 26.4 Å². The zero-order valence-corrected chi connectivity index (χ0v) is 25.5. The van der Waals surface area contributed by atoms with Gasteiger partial charge in [0.25, 0.3) is 0 Å². The van der Waals surface area contributed by atoms with Crippen LogP contribution >= 0.6 is 34.8 Å². The van der Waals surface area contributed by atoms with Gasteiger partial charge in [-0.25, -0.2) is 19.0 Å². The third kappa shape index (κ3) is 5.37. The van der Waals surface area contributed by atoms with Crippen molar-refractivity contribution < 1.29 is 9.53 Å². The van der Waals surface area contributed by atoms with Gasteiger partial charge in [0.2, 0.25) is 0 Å². The van der Waals surface area contributed by atoms with E-state index in [0.29, 0.717) is 32.9 Å². The minimum absolute atomic E-state index is 0.0519. The van der Waals surface area contributed by atoms with E-state index in [1.807, 2.05) is 0 Å². The number of hydrogen-bond acceptors (Lipinski definition) is 4.